The molecule has 0 saturated carbocycles. The minimum atomic E-state index is -1.09. The Hall–Kier alpha value is -2.49. The Balaban J connectivity index is 2.91. The molecule has 3 N–H and O–H groups in total. The van der Waals surface area contributed by atoms with Crippen LogP contribution in [0.25, 0.3) is 0 Å². The Morgan fingerprint density at radius 3 is 2.35 bits per heavy atom. The van der Waals surface area contributed by atoms with Gasteiger partial charge in [-0.1, -0.05) is 6.92 Å². The molecule has 106 valence electrons. The van der Waals surface area contributed by atoms with E-state index in [-0.39, 0.29) is 12.0 Å². The minimum Gasteiger partial charge on any atom is -0.368 e. The summed E-state index contributed by atoms with van der Waals surface area (Å²) < 4.78 is 26.0. The summed E-state index contributed by atoms with van der Waals surface area (Å²) in [6.45, 7) is 1.56. The van der Waals surface area contributed by atoms with E-state index in [1.165, 1.54) is 0 Å². The largest absolute Gasteiger partial charge is 0.368 e. The topological polar surface area (TPSA) is 96.0 Å². The Bertz CT molecular complexity index is 549. The van der Waals surface area contributed by atoms with Crippen LogP contribution in [0.5, 0.6) is 0 Å². The number of nitriles is 1. The summed E-state index contributed by atoms with van der Waals surface area (Å²) in [5, 5.41) is 10.9. The van der Waals surface area contributed by atoms with Crippen molar-refractivity contribution in [3.05, 3.63) is 35.4 Å². The second-order valence-electron chi connectivity index (χ2n) is 4.35. The van der Waals surface area contributed by atoms with Gasteiger partial charge in [0.15, 0.2) is 0 Å². The molecular weight excluding hydrogens is 268 g/mol. The van der Waals surface area contributed by atoms with Crippen LogP contribution in [0.15, 0.2) is 18.2 Å². The van der Waals surface area contributed by atoms with Gasteiger partial charge in [0, 0.05) is 18.1 Å². The molecular formula is C13H13F2N3O2. The predicted octanol–water partition coefficient (Wildman–Crippen LogP) is 1.10. The van der Waals surface area contributed by atoms with Crippen molar-refractivity contribution in [2.24, 2.45) is 11.7 Å². The van der Waals surface area contributed by atoms with Crippen LogP contribution in [-0.2, 0) is 4.79 Å². The Morgan fingerprint density at radius 1 is 1.35 bits per heavy atom. The highest BCUT2D eigenvalue weighted by Gasteiger charge is 2.25. The van der Waals surface area contributed by atoms with Gasteiger partial charge in [-0.15, -0.1) is 0 Å². The van der Waals surface area contributed by atoms with Gasteiger partial charge in [0.25, 0.3) is 5.91 Å². The molecule has 1 aromatic rings. The fourth-order valence-electron chi connectivity index (χ4n) is 1.67. The zero-order chi connectivity index (χ0) is 15.3. The molecule has 20 heavy (non-hydrogen) atoms. The quantitative estimate of drug-likeness (QED) is 0.845. The first-order chi connectivity index (χ1) is 9.35. The molecule has 0 heterocycles. The molecule has 2 atom stereocenters. The second-order valence-corrected chi connectivity index (χ2v) is 4.35. The summed E-state index contributed by atoms with van der Waals surface area (Å²) in [6, 6.07) is 3.07. The Morgan fingerprint density at radius 2 is 1.90 bits per heavy atom. The predicted molar refractivity (Wildman–Crippen MR) is 66.2 cm³/mol. The molecule has 0 radical (unpaired) electrons. The number of hydrogen-bond acceptors (Lipinski definition) is 3. The average molecular weight is 281 g/mol. The van der Waals surface area contributed by atoms with Gasteiger partial charge in [0.2, 0.25) is 5.91 Å². The van der Waals surface area contributed by atoms with Crippen molar-refractivity contribution >= 4 is 11.8 Å². The van der Waals surface area contributed by atoms with Crippen molar-refractivity contribution in [3.8, 4) is 6.07 Å². The van der Waals surface area contributed by atoms with Gasteiger partial charge in [0.05, 0.1) is 6.07 Å². The first-order valence-electron chi connectivity index (χ1n) is 5.78. The van der Waals surface area contributed by atoms with E-state index in [1.54, 1.807) is 6.92 Å². The maximum absolute atomic E-state index is 13.0. The number of rotatable bonds is 5. The van der Waals surface area contributed by atoms with Crippen LogP contribution in [0.3, 0.4) is 0 Å². The zero-order valence-electron chi connectivity index (χ0n) is 10.7. The second kappa shape index (κ2) is 6.61. The smallest absolute Gasteiger partial charge is 0.252 e. The van der Waals surface area contributed by atoms with E-state index in [2.05, 4.69) is 5.32 Å². The average Bonchev–Trinajstić information content (AvgIpc) is 2.34. The van der Waals surface area contributed by atoms with Gasteiger partial charge in [-0.3, -0.25) is 9.59 Å². The highest BCUT2D eigenvalue weighted by Crippen LogP contribution is 2.11. The fourth-order valence-corrected chi connectivity index (χ4v) is 1.67. The summed E-state index contributed by atoms with van der Waals surface area (Å²) in [4.78, 5) is 23.1. The molecule has 1 rings (SSSR count). The van der Waals surface area contributed by atoms with Gasteiger partial charge >= 0.3 is 0 Å². The lowest BCUT2D eigenvalue weighted by atomic mass is 9.98. The van der Waals surface area contributed by atoms with E-state index >= 15 is 0 Å². The molecule has 0 aliphatic rings. The van der Waals surface area contributed by atoms with Gasteiger partial charge in [-0.2, -0.15) is 5.26 Å². The van der Waals surface area contributed by atoms with Crippen LogP contribution in [0.2, 0.25) is 0 Å². The van der Waals surface area contributed by atoms with E-state index in [0.29, 0.717) is 6.07 Å². The normalized spacial score (nSPS) is 13.1. The first-order valence-corrected chi connectivity index (χ1v) is 5.78. The maximum atomic E-state index is 13.0. The van der Waals surface area contributed by atoms with Crippen molar-refractivity contribution in [3.63, 3.8) is 0 Å². The lowest BCUT2D eigenvalue weighted by Gasteiger charge is -2.20. The molecule has 0 bridgehead atoms. The molecule has 0 aliphatic heterocycles. The third kappa shape index (κ3) is 4.02. The Kier molecular flexibility index (Phi) is 5.15. The molecule has 0 aliphatic carbocycles. The van der Waals surface area contributed by atoms with Crippen molar-refractivity contribution in [1.29, 1.82) is 5.26 Å². The monoisotopic (exact) mass is 281 g/mol. The number of primary amides is 1. The van der Waals surface area contributed by atoms with E-state index < -0.39 is 35.4 Å². The van der Waals surface area contributed by atoms with Gasteiger partial charge < -0.3 is 11.1 Å². The summed E-state index contributed by atoms with van der Waals surface area (Å²) in [5.41, 5.74) is 4.88. The summed E-state index contributed by atoms with van der Waals surface area (Å²) in [6.07, 6.45) is 0.00536. The number of halogens is 2. The Labute approximate surface area is 114 Å². The van der Waals surface area contributed by atoms with Gasteiger partial charge in [-0.25, -0.2) is 8.78 Å². The van der Waals surface area contributed by atoms with Crippen LogP contribution >= 0.6 is 0 Å². The van der Waals surface area contributed by atoms with Crippen LogP contribution < -0.4 is 11.1 Å². The van der Waals surface area contributed by atoms with Crippen LogP contribution in [0.1, 0.15) is 23.7 Å². The number of nitrogens with zero attached hydrogens (tertiary/aromatic N) is 1. The number of nitrogens with one attached hydrogen (secondary N) is 1. The van der Waals surface area contributed by atoms with Gasteiger partial charge in [0.1, 0.15) is 17.7 Å². The fraction of sp³-hybridized carbons (Fsp3) is 0.308. The van der Waals surface area contributed by atoms with Crippen molar-refractivity contribution < 1.29 is 18.4 Å². The SMILES string of the molecule is C[C@@H](CC#N)[C@@H](NC(=O)c1cc(F)cc(F)c1)C(N)=O. The molecule has 0 unspecified atom stereocenters. The number of hydrogen-bond donors (Lipinski definition) is 2. The molecule has 0 aromatic heterocycles. The molecule has 0 fully saturated rings. The standard InChI is InChI=1S/C13H13F2N3O2/c1-7(2-3-16)11(12(17)19)18-13(20)8-4-9(14)6-10(15)5-8/h4-7,11H,2H2,1H3,(H2,17,19)(H,18,20)/t7-,11+/m0/s1. The van der Waals surface area contributed by atoms with E-state index in [1.807, 2.05) is 6.07 Å². The van der Waals surface area contributed by atoms with E-state index in [0.717, 1.165) is 12.1 Å². The summed E-state index contributed by atoms with van der Waals surface area (Å²) in [5.74, 6) is -3.98. The maximum Gasteiger partial charge on any atom is 0.252 e. The molecule has 1 aromatic carbocycles. The third-order valence-electron chi connectivity index (χ3n) is 2.70. The van der Waals surface area contributed by atoms with Crippen molar-refractivity contribution in [2.75, 3.05) is 0 Å². The lowest BCUT2D eigenvalue weighted by Crippen LogP contribution is -2.48. The van der Waals surface area contributed by atoms with Crippen LogP contribution in [-0.4, -0.2) is 17.9 Å². The number of carbonyl (C=O) groups excluding carboxylic acids is 2. The molecule has 2 amide bonds. The van der Waals surface area contributed by atoms with E-state index in [4.69, 9.17) is 11.0 Å². The van der Waals surface area contributed by atoms with Gasteiger partial charge in [-0.05, 0) is 18.1 Å². The molecule has 5 nitrogen and oxygen atoms in total. The summed E-state index contributed by atoms with van der Waals surface area (Å²) in [7, 11) is 0. The van der Waals surface area contributed by atoms with Crippen LogP contribution in [0.4, 0.5) is 8.78 Å². The van der Waals surface area contributed by atoms with Crippen molar-refractivity contribution in [1.82, 2.24) is 5.32 Å². The molecule has 0 saturated heterocycles. The lowest BCUT2D eigenvalue weighted by molar-refractivity contribution is -0.120. The molecule has 7 heteroatoms. The molecule has 0 spiro atoms. The number of benzene rings is 1. The first kappa shape index (κ1) is 15.6. The van der Waals surface area contributed by atoms with Crippen LogP contribution in [0, 0.1) is 28.9 Å². The van der Waals surface area contributed by atoms with E-state index in [9.17, 15) is 18.4 Å². The summed E-state index contributed by atoms with van der Waals surface area (Å²) >= 11 is 0. The number of carbonyl (C=O) groups is 2. The number of nitrogens with two attached hydrogens (primary N) is 1. The minimum absolute atomic E-state index is 0.00536. The third-order valence-corrected chi connectivity index (χ3v) is 2.70. The number of amides is 2. The van der Waals surface area contributed by atoms with Crippen molar-refractivity contribution in [2.45, 2.75) is 19.4 Å². The highest BCUT2D eigenvalue weighted by molar-refractivity contribution is 5.97. The highest BCUT2D eigenvalue weighted by atomic mass is 19.1. The zero-order valence-corrected chi connectivity index (χ0v) is 10.7.